The molecule has 3 nitrogen and oxygen atoms in total. The van der Waals surface area contributed by atoms with Crippen molar-refractivity contribution < 1.29 is 4.79 Å². The zero-order valence-corrected chi connectivity index (χ0v) is 13.7. The third kappa shape index (κ3) is 2.51. The van der Waals surface area contributed by atoms with Crippen molar-refractivity contribution in [3.8, 4) is 0 Å². The van der Waals surface area contributed by atoms with Gasteiger partial charge in [0.2, 0.25) is 0 Å². The predicted octanol–water partition coefficient (Wildman–Crippen LogP) is 5.31. The molecule has 2 heterocycles. The fraction of sp³-hybridized carbons (Fsp3) is 0. The molecule has 0 amide bonds. The molecule has 112 valence electrons. The number of ketones is 1. The van der Waals surface area contributed by atoms with Crippen LogP contribution in [0.15, 0.2) is 65.4 Å². The van der Waals surface area contributed by atoms with Crippen molar-refractivity contribution in [3.05, 3.63) is 76.5 Å². The highest BCUT2D eigenvalue weighted by atomic mass is 79.9. The number of rotatable bonds is 3. The van der Waals surface area contributed by atoms with Crippen LogP contribution in [-0.4, -0.2) is 15.8 Å². The summed E-state index contributed by atoms with van der Waals surface area (Å²) < 4.78 is 1.03. The number of aromatic nitrogens is 2. The largest absolute Gasteiger partial charge is 0.361 e. The van der Waals surface area contributed by atoms with Crippen LogP contribution in [0.3, 0.4) is 0 Å². The molecule has 2 aromatic heterocycles. The van der Waals surface area contributed by atoms with E-state index in [1.165, 1.54) is 0 Å². The van der Waals surface area contributed by atoms with E-state index in [1.807, 2.05) is 54.7 Å². The van der Waals surface area contributed by atoms with E-state index in [9.17, 15) is 4.79 Å². The van der Waals surface area contributed by atoms with Crippen LogP contribution in [0.5, 0.6) is 0 Å². The lowest BCUT2D eigenvalue weighted by atomic mass is 10.1. The number of aromatic amines is 2. The predicted molar refractivity (Wildman–Crippen MR) is 97.7 cm³/mol. The molecule has 0 radical (unpaired) electrons. The smallest absolute Gasteiger partial charge is 0.188 e. The third-order valence-electron chi connectivity index (χ3n) is 3.94. The molecule has 0 aliphatic heterocycles. The Morgan fingerprint density at radius 2 is 1.78 bits per heavy atom. The number of carbonyl (C=O) groups is 1. The summed E-state index contributed by atoms with van der Waals surface area (Å²) in [5.41, 5.74) is 3.71. The molecule has 2 N–H and O–H groups in total. The SMILES string of the molecule is O=C(/C=C/c1c[nH]c2cc(Br)ccc12)c1c[nH]c2ccccc12. The maximum absolute atomic E-state index is 12.5. The molecule has 0 fully saturated rings. The molecule has 0 spiro atoms. The van der Waals surface area contributed by atoms with Gasteiger partial charge in [0.05, 0.1) is 0 Å². The number of hydrogen-bond acceptors (Lipinski definition) is 1. The zero-order chi connectivity index (χ0) is 15.8. The van der Waals surface area contributed by atoms with Crippen molar-refractivity contribution in [2.45, 2.75) is 0 Å². The standard InChI is InChI=1S/C19H13BrN2O/c20-13-6-7-14-12(10-21-18(14)9-13)5-8-19(23)16-11-22-17-4-2-1-3-15(16)17/h1-11,21-22H/b8-5+. The minimum atomic E-state index is -0.00564. The first-order valence-corrected chi connectivity index (χ1v) is 8.07. The van der Waals surface area contributed by atoms with Gasteiger partial charge in [0.25, 0.3) is 0 Å². The molecule has 4 aromatic rings. The van der Waals surface area contributed by atoms with E-state index in [0.717, 1.165) is 31.8 Å². The number of hydrogen-bond donors (Lipinski definition) is 2. The van der Waals surface area contributed by atoms with Gasteiger partial charge in [0.1, 0.15) is 0 Å². The van der Waals surface area contributed by atoms with Crippen molar-refractivity contribution >= 4 is 49.6 Å². The Bertz CT molecular complexity index is 1060. The maximum atomic E-state index is 12.5. The molecule has 4 rings (SSSR count). The Balaban J connectivity index is 1.68. The number of halogens is 1. The van der Waals surface area contributed by atoms with E-state index in [4.69, 9.17) is 0 Å². The van der Waals surface area contributed by atoms with Gasteiger partial charge in [-0.25, -0.2) is 0 Å². The van der Waals surface area contributed by atoms with Crippen LogP contribution in [0.4, 0.5) is 0 Å². The van der Waals surface area contributed by atoms with Gasteiger partial charge < -0.3 is 9.97 Å². The highest BCUT2D eigenvalue weighted by molar-refractivity contribution is 9.10. The Labute approximate surface area is 141 Å². The normalized spacial score (nSPS) is 11.7. The monoisotopic (exact) mass is 364 g/mol. The second kappa shape index (κ2) is 5.56. The average Bonchev–Trinajstić information content (AvgIpc) is 3.16. The molecule has 0 unspecified atom stereocenters. The Kier molecular flexibility index (Phi) is 3.39. The van der Waals surface area contributed by atoms with Crippen molar-refractivity contribution in [3.63, 3.8) is 0 Å². The van der Waals surface area contributed by atoms with E-state index >= 15 is 0 Å². The summed E-state index contributed by atoms with van der Waals surface area (Å²) in [5.74, 6) is -0.00564. The van der Waals surface area contributed by atoms with Crippen LogP contribution in [0.1, 0.15) is 15.9 Å². The molecule has 0 aliphatic rings. The van der Waals surface area contributed by atoms with Crippen LogP contribution in [-0.2, 0) is 0 Å². The van der Waals surface area contributed by atoms with Crippen LogP contribution in [0.25, 0.3) is 27.9 Å². The lowest BCUT2D eigenvalue weighted by Gasteiger charge is -1.95. The van der Waals surface area contributed by atoms with Gasteiger partial charge in [0.15, 0.2) is 5.78 Å². The number of nitrogens with one attached hydrogen (secondary N) is 2. The number of carbonyl (C=O) groups excluding carboxylic acids is 1. The summed E-state index contributed by atoms with van der Waals surface area (Å²) in [6, 6.07) is 13.9. The lowest BCUT2D eigenvalue weighted by Crippen LogP contribution is -1.91. The van der Waals surface area contributed by atoms with E-state index < -0.39 is 0 Å². The van der Waals surface area contributed by atoms with Crippen LogP contribution in [0, 0.1) is 0 Å². The van der Waals surface area contributed by atoms with E-state index in [1.54, 1.807) is 12.3 Å². The minimum Gasteiger partial charge on any atom is -0.361 e. The molecule has 0 bridgehead atoms. The molecule has 23 heavy (non-hydrogen) atoms. The number of benzene rings is 2. The summed E-state index contributed by atoms with van der Waals surface area (Å²) >= 11 is 3.46. The maximum Gasteiger partial charge on any atom is 0.188 e. The molecule has 2 aromatic carbocycles. The summed E-state index contributed by atoms with van der Waals surface area (Å²) in [4.78, 5) is 18.8. The van der Waals surface area contributed by atoms with Gasteiger partial charge in [-0.2, -0.15) is 0 Å². The number of fused-ring (bicyclic) bond motifs is 2. The summed E-state index contributed by atoms with van der Waals surface area (Å²) in [6.07, 6.45) is 7.16. The minimum absolute atomic E-state index is 0.00564. The summed E-state index contributed by atoms with van der Waals surface area (Å²) in [5, 5.41) is 2.04. The van der Waals surface area contributed by atoms with Gasteiger partial charge in [-0.1, -0.05) is 40.2 Å². The van der Waals surface area contributed by atoms with Gasteiger partial charge in [-0.05, 0) is 35.9 Å². The van der Waals surface area contributed by atoms with Crippen LogP contribution >= 0.6 is 15.9 Å². The van der Waals surface area contributed by atoms with Crippen LogP contribution < -0.4 is 0 Å². The van der Waals surface area contributed by atoms with Crippen molar-refractivity contribution in [1.82, 2.24) is 9.97 Å². The lowest BCUT2D eigenvalue weighted by molar-refractivity contribution is 0.104. The highest BCUT2D eigenvalue weighted by Crippen LogP contribution is 2.24. The summed E-state index contributed by atoms with van der Waals surface area (Å²) in [6.45, 7) is 0. The zero-order valence-electron chi connectivity index (χ0n) is 12.1. The number of allylic oxidation sites excluding steroid dienone is 1. The molecule has 0 aliphatic carbocycles. The first-order valence-electron chi connectivity index (χ1n) is 7.27. The van der Waals surface area contributed by atoms with Crippen molar-refractivity contribution in [2.75, 3.05) is 0 Å². The molecule has 0 saturated heterocycles. The van der Waals surface area contributed by atoms with Gasteiger partial charge in [0, 0.05) is 44.2 Å². The van der Waals surface area contributed by atoms with Crippen LogP contribution in [0.2, 0.25) is 0 Å². The van der Waals surface area contributed by atoms with E-state index in [0.29, 0.717) is 5.56 Å². The van der Waals surface area contributed by atoms with Gasteiger partial charge >= 0.3 is 0 Å². The molecule has 0 atom stereocenters. The van der Waals surface area contributed by atoms with Crippen molar-refractivity contribution in [1.29, 1.82) is 0 Å². The molecule has 4 heteroatoms. The molecule has 0 saturated carbocycles. The fourth-order valence-corrected chi connectivity index (χ4v) is 3.15. The van der Waals surface area contributed by atoms with Gasteiger partial charge in [-0.15, -0.1) is 0 Å². The Morgan fingerprint density at radius 3 is 2.70 bits per heavy atom. The van der Waals surface area contributed by atoms with E-state index in [-0.39, 0.29) is 5.78 Å². The van der Waals surface area contributed by atoms with E-state index in [2.05, 4.69) is 25.9 Å². The Hall–Kier alpha value is -2.59. The quantitative estimate of drug-likeness (QED) is 0.375. The molecular weight excluding hydrogens is 352 g/mol. The summed E-state index contributed by atoms with van der Waals surface area (Å²) in [7, 11) is 0. The van der Waals surface area contributed by atoms with Gasteiger partial charge in [-0.3, -0.25) is 4.79 Å². The second-order valence-electron chi connectivity index (χ2n) is 5.38. The Morgan fingerprint density at radius 1 is 0.957 bits per heavy atom. The number of para-hydroxylation sites is 1. The van der Waals surface area contributed by atoms with Crippen molar-refractivity contribution in [2.24, 2.45) is 0 Å². The first kappa shape index (κ1) is 14.0. The second-order valence-corrected chi connectivity index (χ2v) is 6.30. The highest BCUT2D eigenvalue weighted by Gasteiger charge is 2.09. The fourth-order valence-electron chi connectivity index (χ4n) is 2.79. The third-order valence-corrected chi connectivity index (χ3v) is 4.44. The topological polar surface area (TPSA) is 48.6 Å². The molecular formula is C19H13BrN2O. The first-order chi connectivity index (χ1) is 11.2. The average molecular weight is 365 g/mol. The number of H-pyrrole nitrogens is 2.